The van der Waals surface area contributed by atoms with Gasteiger partial charge in [0.05, 0.1) is 4.90 Å². The molecule has 1 saturated carbocycles. The second-order valence-corrected chi connectivity index (χ2v) is 6.21. The minimum atomic E-state index is -3.62. The van der Waals surface area contributed by atoms with Gasteiger partial charge in [-0.2, -0.15) is 0 Å². The number of rotatable bonds is 3. The fraction of sp³-hybridized carbons (Fsp3) is 0.500. The Kier molecular flexibility index (Phi) is 3.40. The van der Waals surface area contributed by atoms with Gasteiger partial charge in [-0.05, 0) is 37.5 Å². The van der Waals surface area contributed by atoms with E-state index in [9.17, 15) is 8.42 Å². The highest BCUT2D eigenvalue weighted by atomic mass is 32.2. The lowest BCUT2D eigenvalue weighted by atomic mass is 10.1. The number of hydrogen-bond acceptors (Lipinski definition) is 3. The van der Waals surface area contributed by atoms with Gasteiger partial charge in [0.1, 0.15) is 0 Å². The van der Waals surface area contributed by atoms with Crippen molar-refractivity contribution in [2.45, 2.75) is 43.5 Å². The quantitative estimate of drug-likeness (QED) is 0.866. The van der Waals surface area contributed by atoms with Crippen LogP contribution in [0.3, 0.4) is 0 Å². The van der Waals surface area contributed by atoms with E-state index in [4.69, 9.17) is 5.14 Å². The molecule has 1 aromatic carbocycles. The molecule has 1 aliphatic rings. The molecule has 0 bridgehead atoms. The zero-order valence-electron chi connectivity index (χ0n) is 9.94. The van der Waals surface area contributed by atoms with Gasteiger partial charge in [0.15, 0.2) is 0 Å². The van der Waals surface area contributed by atoms with Crippen molar-refractivity contribution in [2.24, 2.45) is 5.14 Å². The Bertz CT molecular complexity index is 505. The van der Waals surface area contributed by atoms with Crippen molar-refractivity contribution in [3.63, 3.8) is 0 Å². The van der Waals surface area contributed by atoms with E-state index in [1.165, 1.54) is 12.8 Å². The summed E-state index contributed by atoms with van der Waals surface area (Å²) in [7, 11) is -3.62. The number of sulfonamides is 1. The van der Waals surface area contributed by atoms with Crippen LogP contribution in [0.15, 0.2) is 23.1 Å². The Morgan fingerprint density at radius 3 is 2.53 bits per heavy atom. The predicted molar refractivity (Wildman–Crippen MR) is 68.4 cm³/mol. The van der Waals surface area contributed by atoms with Gasteiger partial charge in [-0.15, -0.1) is 0 Å². The van der Waals surface area contributed by atoms with Crippen molar-refractivity contribution in [3.8, 4) is 0 Å². The highest BCUT2D eigenvalue weighted by Crippen LogP contribution is 2.25. The van der Waals surface area contributed by atoms with Gasteiger partial charge in [-0.25, -0.2) is 13.6 Å². The maximum atomic E-state index is 11.3. The molecule has 0 saturated heterocycles. The zero-order chi connectivity index (χ0) is 12.5. The maximum Gasteiger partial charge on any atom is 0.238 e. The van der Waals surface area contributed by atoms with Gasteiger partial charge < -0.3 is 5.32 Å². The molecule has 0 heterocycles. The molecule has 2 rings (SSSR count). The number of aryl methyl sites for hydroxylation is 1. The first kappa shape index (κ1) is 12.4. The molecule has 0 atom stereocenters. The molecule has 4 nitrogen and oxygen atoms in total. The predicted octanol–water partition coefficient (Wildman–Crippen LogP) is 2.00. The number of nitrogens with two attached hydrogens (primary N) is 1. The lowest BCUT2D eigenvalue weighted by molar-refractivity contribution is 0.598. The minimum absolute atomic E-state index is 0.170. The molecule has 0 aliphatic heterocycles. The fourth-order valence-corrected chi connectivity index (χ4v) is 2.76. The fourth-order valence-electron chi connectivity index (χ4n) is 2.22. The molecule has 5 heteroatoms. The Labute approximate surface area is 102 Å². The van der Waals surface area contributed by atoms with E-state index in [-0.39, 0.29) is 4.90 Å². The molecule has 0 unspecified atom stereocenters. The third-order valence-electron chi connectivity index (χ3n) is 3.25. The third kappa shape index (κ3) is 2.98. The third-order valence-corrected chi connectivity index (χ3v) is 4.16. The SMILES string of the molecule is Cc1ccc(S(N)(=O)=O)cc1NC1CCCC1. The lowest BCUT2D eigenvalue weighted by Crippen LogP contribution is -2.17. The summed E-state index contributed by atoms with van der Waals surface area (Å²) in [6, 6.07) is 5.43. The summed E-state index contributed by atoms with van der Waals surface area (Å²) in [6.45, 7) is 1.96. The second kappa shape index (κ2) is 4.66. The first-order valence-corrected chi connectivity index (χ1v) is 7.41. The van der Waals surface area contributed by atoms with Crippen LogP contribution in [0.25, 0.3) is 0 Å². The van der Waals surface area contributed by atoms with Gasteiger partial charge in [0.2, 0.25) is 10.0 Å². The average Bonchev–Trinajstić information content (AvgIpc) is 2.72. The van der Waals surface area contributed by atoms with Crippen LogP contribution in [-0.4, -0.2) is 14.5 Å². The van der Waals surface area contributed by atoms with Crippen molar-refractivity contribution < 1.29 is 8.42 Å². The molecule has 0 radical (unpaired) electrons. The smallest absolute Gasteiger partial charge is 0.238 e. The van der Waals surface area contributed by atoms with Gasteiger partial charge in [-0.3, -0.25) is 0 Å². The molecule has 94 valence electrons. The molecule has 1 fully saturated rings. The average molecular weight is 254 g/mol. The Hall–Kier alpha value is -1.07. The lowest BCUT2D eigenvalue weighted by Gasteiger charge is -2.16. The second-order valence-electron chi connectivity index (χ2n) is 4.65. The number of anilines is 1. The summed E-state index contributed by atoms with van der Waals surface area (Å²) in [4.78, 5) is 0.170. The first-order chi connectivity index (χ1) is 7.97. The van der Waals surface area contributed by atoms with E-state index in [0.29, 0.717) is 6.04 Å². The summed E-state index contributed by atoms with van der Waals surface area (Å²) < 4.78 is 22.6. The largest absolute Gasteiger partial charge is 0.382 e. The van der Waals surface area contributed by atoms with Crippen LogP contribution in [0.4, 0.5) is 5.69 Å². The van der Waals surface area contributed by atoms with E-state index in [1.54, 1.807) is 18.2 Å². The molecule has 1 aromatic rings. The van der Waals surface area contributed by atoms with Crippen molar-refractivity contribution in [3.05, 3.63) is 23.8 Å². The van der Waals surface area contributed by atoms with Crippen molar-refractivity contribution in [1.29, 1.82) is 0 Å². The maximum absolute atomic E-state index is 11.3. The summed E-state index contributed by atoms with van der Waals surface area (Å²) >= 11 is 0. The Morgan fingerprint density at radius 1 is 1.29 bits per heavy atom. The van der Waals surface area contributed by atoms with Crippen LogP contribution >= 0.6 is 0 Å². The monoisotopic (exact) mass is 254 g/mol. The van der Waals surface area contributed by atoms with Gasteiger partial charge >= 0.3 is 0 Å². The van der Waals surface area contributed by atoms with Crippen molar-refractivity contribution >= 4 is 15.7 Å². The molecule has 0 amide bonds. The standard InChI is InChI=1S/C12H18N2O2S/c1-9-6-7-11(17(13,15)16)8-12(9)14-10-4-2-3-5-10/h6-8,10,14H,2-5H2,1H3,(H2,13,15,16). The Balaban J connectivity index is 2.26. The van der Waals surface area contributed by atoms with Crippen LogP contribution in [0, 0.1) is 6.92 Å². The molecule has 0 aromatic heterocycles. The molecule has 1 aliphatic carbocycles. The zero-order valence-corrected chi connectivity index (χ0v) is 10.8. The van der Waals surface area contributed by atoms with E-state index in [0.717, 1.165) is 24.1 Å². The van der Waals surface area contributed by atoms with E-state index in [2.05, 4.69) is 5.32 Å². The van der Waals surface area contributed by atoms with Crippen LogP contribution in [0.5, 0.6) is 0 Å². The van der Waals surface area contributed by atoms with Gasteiger partial charge in [-0.1, -0.05) is 18.9 Å². The number of nitrogens with one attached hydrogen (secondary N) is 1. The van der Waals surface area contributed by atoms with E-state index in [1.807, 2.05) is 6.92 Å². The molecular formula is C12H18N2O2S. The summed E-state index contributed by atoms with van der Waals surface area (Å²) in [5.41, 5.74) is 1.92. The molecule has 17 heavy (non-hydrogen) atoms. The van der Waals surface area contributed by atoms with Gasteiger partial charge in [0.25, 0.3) is 0 Å². The highest BCUT2D eigenvalue weighted by molar-refractivity contribution is 7.89. The van der Waals surface area contributed by atoms with Crippen LogP contribution in [0.2, 0.25) is 0 Å². The molecular weight excluding hydrogens is 236 g/mol. The van der Waals surface area contributed by atoms with E-state index >= 15 is 0 Å². The number of primary sulfonamides is 1. The van der Waals surface area contributed by atoms with Crippen LogP contribution in [0.1, 0.15) is 31.2 Å². The van der Waals surface area contributed by atoms with E-state index < -0.39 is 10.0 Å². The van der Waals surface area contributed by atoms with Crippen LogP contribution in [-0.2, 0) is 10.0 Å². The minimum Gasteiger partial charge on any atom is -0.382 e. The number of hydrogen-bond donors (Lipinski definition) is 2. The number of benzene rings is 1. The summed E-state index contributed by atoms with van der Waals surface area (Å²) in [6.07, 6.45) is 4.79. The summed E-state index contributed by atoms with van der Waals surface area (Å²) in [5, 5.41) is 8.53. The summed E-state index contributed by atoms with van der Waals surface area (Å²) in [5.74, 6) is 0. The van der Waals surface area contributed by atoms with Gasteiger partial charge in [0, 0.05) is 11.7 Å². The molecule has 3 N–H and O–H groups in total. The first-order valence-electron chi connectivity index (χ1n) is 5.87. The Morgan fingerprint density at radius 2 is 1.94 bits per heavy atom. The normalized spacial score (nSPS) is 17.3. The highest BCUT2D eigenvalue weighted by Gasteiger charge is 2.16. The topological polar surface area (TPSA) is 72.2 Å². The molecule has 0 spiro atoms. The van der Waals surface area contributed by atoms with Crippen molar-refractivity contribution in [1.82, 2.24) is 0 Å². The van der Waals surface area contributed by atoms with Crippen molar-refractivity contribution in [2.75, 3.05) is 5.32 Å². The van der Waals surface area contributed by atoms with Crippen LogP contribution < -0.4 is 10.5 Å².